The topological polar surface area (TPSA) is 130 Å². The molecule has 0 saturated heterocycles. The quantitative estimate of drug-likeness (QED) is 0.232. The predicted molar refractivity (Wildman–Crippen MR) is 151 cm³/mol. The molecule has 1 amide bonds. The summed E-state index contributed by atoms with van der Waals surface area (Å²) in [5.41, 5.74) is 13.2. The Balaban J connectivity index is 1.94. The maximum absolute atomic E-state index is 12.8. The molecule has 0 unspecified atom stereocenters. The molecule has 0 saturated carbocycles. The molecular weight excluding hydrogens is 488 g/mol. The van der Waals surface area contributed by atoms with Crippen molar-refractivity contribution >= 4 is 35.0 Å². The summed E-state index contributed by atoms with van der Waals surface area (Å²) >= 11 is 0. The van der Waals surface area contributed by atoms with Crippen molar-refractivity contribution in [3.8, 4) is 0 Å². The minimum atomic E-state index is -0.712. The number of rotatable bonds is 11. The normalized spacial score (nSPS) is 11.5. The summed E-state index contributed by atoms with van der Waals surface area (Å²) in [7, 11) is 0. The van der Waals surface area contributed by atoms with Crippen molar-refractivity contribution in [2.45, 2.75) is 52.7 Å². The van der Waals surface area contributed by atoms with Gasteiger partial charge in [0, 0.05) is 29.3 Å². The summed E-state index contributed by atoms with van der Waals surface area (Å²) in [5.74, 6) is 0. The van der Waals surface area contributed by atoms with Crippen LogP contribution in [0.15, 0.2) is 48.5 Å². The fourth-order valence-corrected chi connectivity index (χ4v) is 3.30. The van der Waals surface area contributed by atoms with Crippen molar-refractivity contribution in [3.05, 3.63) is 48.5 Å². The number of ether oxygens (including phenoxy) is 4. The van der Waals surface area contributed by atoms with Gasteiger partial charge in [-0.25, -0.2) is 9.59 Å². The second-order valence-corrected chi connectivity index (χ2v) is 10.7. The Morgan fingerprint density at radius 2 is 1.16 bits per heavy atom. The maximum atomic E-state index is 12.8. The largest absolute Gasteiger partial charge is 0.508 e. The van der Waals surface area contributed by atoms with Gasteiger partial charge in [-0.2, -0.15) is 0 Å². The molecule has 0 atom stereocenters. The molecule has 0 radical (unpaired) electrons. The monoisotopic (exact) mass is 530 g/mol. The third-order valence-corrected chi connectivity index (χ3v) is 5.01. The van der Waals surface area contributed by atoms with E-state index >= 15 is 0 Å². The number of nitrogens with two attached hydrogens (primary N) is 2. The van der Waals surface area contributed by atoms with Crippen molar-refractivity contribution in [2.24, 2.45) is 0 Å². The molecular formula is C28H42N4O6. The standard InChI is InChI=1S/C28H42N4O6/c1-27(2,3)37-25(33)32(24-13-9-22(30)10-14-24)17-19-35-18-15-31(23-11-7-21(29)8-12-23)16-20-36-26(34)38-28(4,5)6/h7-14H,15-20,29-30H2,1-6H3. The van der Waals surface area contributed by atoms with E-state index in [1.54, 1.807) is 45.0 Å². The van der Waals surface area contributed by atoms with Crippen molar-refractivity contribution in [1.82, 2.24) is 0 Å². The molecule has 0 aliphatic rings. The molecule has 2 aromatic carbocycles. The van der Waals surface area contributed by atoms with E-state index in [1.807, 2.05) is 49.9 Å². The summed E-state index contributed by atoms with van der Waals surface area (Å²) in [6.45, 7) is 12.9. The van der Waals surface area contributed by atoms with Gasteiger partial charge in [0.05, 0.1) is 26.3 Å². The van der Waals surface area contributed by atoms with E-state index in [1.165, 1.54) is 4.90 Å². The van der Waals surface area contributed by atoms with Gasteiger partial charge in [0.15, 0.2) is 0 Å². The maximum Gasteiger partial charge on any atom is 0.508 e. The van der Waals surface area contributed by atoms with Gasteiger partial charge in [-0.05, 0) is 90.1 Å². The third kappa shape index (κ3) is 11.6. The van der Waals surface area contributed by atoms with Crippen LogP contribution in [0.4, 0.5) is 32.3 Å². The highest BCUT2D eigenvalue weighted by atomic mass is 16.7. The van der Waals surface area contributed by atoms with Gasteiger partial charge in [0.1, 0.15) is 17.8 Å². The van der Waals surface area contributed by atoms with Gasteiger partial charge >= 0.3 is 12.2 Å². The average molecular weight is 531 g/mol. The molecule has 10 heteroatoms. The summed E-state index contributed by atoms with van der Waals surface area (Å²) in [6.07, 6.45) is -1.18. The third-order valence-electron chi connectivity index (χ3n) is 5.01. The number of hydrogen-bond acceptors (Lipinski definition) is 9. The lowest BCUT2D eigenvalue weighted by Crippen LogP contribution is -2.39. The predicted octanol–water partition coefficient (Wildman–Crippen LogP) is 5.07. The van der Waals surface area contributed by atoms with E-state index in [0.29, 0.717) is 43.3 Å². The minimum Gasteiger partial charge on any atom is -0.443 e. The van der Waals surface area contributed by atoms with Gasteiger partial charge in [-0.15, -0.1) is 0 Å². The summed E-state index contributed by atoms with van der Waals surface area (Å²) < 4.78 is 21.9. The highest BCUT2D eigenvalue weighted by molar-refractivity contribution is 5.88. The van der Waals surface area contributed by atoms with Crippen molar-refractivity contribution in [1.29, 1.82) is 0 Å². The fraction of sp³-hybridized carbons (Fsp3) is 0.500. The molecule has 0 aliphatic heterocycles. The SMILES string of the molecule is CC(C)(C)OC(=O)OCCN(CCOCCN(C(=O)OC(C)(C)C)c1ccc(N)cc1)c1ccc(N)cc1. The molecule has 2 rings (SSSR count). The summed E-state index contributed by atoms with van der Waals surface area (Å²) in [5, 5.41) is 0. The highest BCUT2D eigenvalue weighted by Crippen LogP contribution is 2.20. The van der Waals surface area contributed by atoms with E-state index in [4.69, 9.17) is 30.4 Å². The van der Waals surface area contributed by atoms with Crippen LogP contribution in [-0.4, -0.2) is 62.9 Å². The van der Waals surface area contributed by atoms with Crippen LogP contribution in [0.5, 0.6) is 0 Å². The zero-order valence-corrected chi connectivity index (χ0v) is 23.4. The molecule has 0 aliphatic carbocycles. The lowest BCUT2D eigenvalue weighted by molar-refractivity contribution is -0.00609. The number of hydrogen-bond donors (Lipinski definition) is 2. The Morgan fingerprint density at radius 1 is 0.684 bits per heavy atom. The smallest absolute Gasteiger partial charge is 0.443 e. The Hall–Kier alpha value is -3.66. The van der Waals surface area contributed by atoms with E-state index in [2.05, 4.69) is 0 Å². The van der Waals surface area contributed by atoms with Gasteiger partial charge in [-0.1, -0.05) is 0 Å². The average Bonchev–Trinajstić information content (AvgIpc) is 2.79. The number of carbonyl (C=O) groups is 2. The van der Waals surface area contributed by atoms with Crippen LogP contribution in [0.2, 0.25) is 0 Å². The molecule has 0 heterocycles. The molecule has 0 bridgehead atoms. The Kier molecular flexibility index (Phi) is 11.1. The molecule has 2 aromatic rings. The van der Waals surface area contributed by atoms with Gasteiger partial charge in [0.2, 0.25) is 0 Å². The fourth-order valence-electron chi connectivity index (χ4n) is 3.30. The van der Waals surface area contributed by atoms with Crippen LogP contribution in [0.3, 0.4) is 0 Å². The first-order valence-corrected chi connectivity index (χ1v) is 12.6. The van der Waals surface area contributed by atoms with Crippen LogP contribution in [0, 0.1) is 0 Å². The molecule has 38 heavy (non-hydrogen) atoms. The van der Waals surface area contributed by atoms with Crippen molar-refractivity contribution in [3.63, 3.8) is 0 Å². The number of carbonyl (C=O) groups excluding carboxylic acids is 2. The van der Waals surface area contributed by atoms with Crippen LogP contribution < -0.4 is 21.3 Å². The molecule has 10 nitrogen and oxygen atoms in total. The zero-order chi connectivity index (χ0) is 28.3. The minimum absolute atomic E-state index is 0.142. The summed E-state index contributed by atoms with van der Waals surface area (Å²) in [4.78, 5) is 28.3. The van der Waals surface area contributed by atoms with Gasteiger partial charge in [-0.3, -0.25) is 4.90 Å². The Labute approximate surface area is 225 Å². The number of nitrogens with zero attached hydrogens (tertiary/aromatic N) is 2. The first-order valence-electron chi connectivity index (χ1n) is 12.6. The van der Waals surface area contributed by atoms with E-state index in [9.17, 15) is 9.59 Å². The van der Waals surface area contributed by atoms with Crippen molar-refractivity contribution < 1.29 is 28.5 Å². The van der Waals surface area contributed by atoms with Gasteiger partial charge < -0.3 is 35.3 Å². The van der Waals surface area contributed by atoms with Crippen molar-refractivity contribution in [2.75, 3.05) is 60.7 Å². The Morgan fingerprint density at radius 3 is 1.68 bits per heavy atom. The molecule has 4 N–H and O–H groups in total. The van der Waals surface area contributed by atoms with E-state index in [-0.39, 0.29) is 13.2 Å². The Bertz CT molecular complexity index is 1010. The van der Waals surface area contributed by atoms with Gasteiger partial charge in [0.25, 0.3) is 0 Å². The lowest BCUT2D eigenvalue weighted by Gasteiger charge is -2.28. The number of anilines is 4. The first-order chi connectivity index (χ1) is 17.7. The molecule has 0 spiro atoms. The van der Waals surface area contributed by atoms with Crippen LogP contribution >= 0.6 is 0 Å². The van der Waals surface area contributed by atoms with Crippen LogP contribution in [0.1, 0.15) is 41.5 Å². The zero-order valence-electron chi connectivity index (χ0n) is 23.4. The first kappa shape index (κ1) is 30.6. The second kappa shape index (κ2) is 13.8. The van der Waals surface area contributed by atoms with E-state index < -0.39 is 23.5 Å². The lowest BCUT2D eigenvalue weighted by atomic mass is 10.2. The second-order valence-electron chi connectivity index (χ2n) is 10.7. The summed E-state index contributed by atoms with van der Waals surface area (Å²) in [6, 6.07) is 14.4. The number of benzene rings is 2. The molecule has 0 aromatic heterocycles. The number of amides is 1. The molecule has 0 fully saturated rings. The molecule has 210 valence electrons. The van der Waals surface area contributed by atoms with Crippen LogP contribution in [0.25, 0.3) is 0 Å². The van der Waals surface area contributed by atoms with Crippen LogP contribution in [-0.2, 0) is 18.9 Å². The number of nitrogen functional groups attached to an aromatic ring is 2. The van der Waals surface area contributed by atoms with E-state index in [0.717, 1.165) is 5.69 Å². The highest BCUT2D eigenvalue weighted by Gasteiger charge is 2.23.